The zero-order valence-corrected chi connectivity index (χ0v) is 5.59. The molecule has 0 fully saturated rings. The fraction of sp³-hybridized carbons (Fsp3) is 0. The molecule has 0 heterocycles. The fourth-order valence-electron chi connectivity index (χ4n) is 0. The normalized spacial score (nSPS) is 6.20. The predicted octanol–water partition coefficient (Wildman–Crippen LogP) is 1.35. The van der Waals surface area contributed by atoms with Gasteiger partial charge in [0.15, 0.2) is 0 Å². The maximum atomic E-state index is 4.51. The second-order valence-corrected chi connectivity index (χ2v) is 4.69. The van der Waals surface area contributed by atoms with Gasteiger partial charge in [0.05, 0.1) is 0 Å². The van der Waals surface area contributed by atoms with Crippen LogP contribution in [0.2, 0.25) is 0 Å². The summed E-state index contributed by atoms with van der Waals surface area (Å²) in [5.41, 5.74) is 0. The number of thiocarbonyl (C=S) groups is 1. The van der Waals surface area contributed by atoms with E-state index in [-0.39, 0.29) is 8.43 Å². The van der Waals surface area contributed by atoms with Gasteiger partial charge in [0, 0.05) is 0 Å². The summed E-state index contributed by atoms with van der Waals surface area (Å²) in [6.45, 7) is 0. The minimum atomic E-state index is -0.355. The molecule has 4 heteroatoms. The van der Waals surface area contributed by atoms with Gasteiger partial charge in [0.25, 0.3) is 0 Å². The zero-order valence-electron chi connectivity index (χ0n) is 2.25. The van der Waals surface area contributed by atoms with Crippen molar-refractivity contribution in [2.75, 3.05) is 0 Å². The third-order valence-electron chi connectivity index (χ3n) is 0.0823. The van der Waals surface area contributed by atoms with Gasteiger partial charge in [-0.15, -0.1) is 0 Å². The molecule has 0 radical (unpaired) electrons. The molecule has 0 saturated carbocycles. The average Bonchev–Trinajstić information content (AvgIpc) is 1.38. The van der Waals surface area contributed by atoms with Crippen LogP contribution in [0, 0.1) is 0 Å². The summed E-state index contributed by atoms with van der Waals surface area (Å²) < 4.78 is 1.46. The minimum absolute atomic E-state index is 0.355. The summed E-state index contributed by atoms with van der Waals surface area (Å²) >= 11 is 8.90. The molecule has 0 aromatic carbocycles. The molecule has 0 nitrogen and oxygen atoms in total. The number of hydrogen-bond donors (Lipinski definition) is 0. The second kappa shape index (κ2) is 3.16. The Morgan fingerprint density at radius 1 is 1.80 bits per heavy atom. The molecule has 0 spiro atoms. The van der Waals surface area contributed by atoms with Crippen LogP contribution in [0.5, 0.6) is 0 Å². The van der Waals surface area contributed by atoms with Crippen molar-refractivity contribution in [3.05, 3.63) is 0 Å². The first-order valence-electron chi connectivity index (χ1n) is 0.821. The van der Waals surface area contributed by atoms with Crippen LogP contribution >= 0.6 is 20.0 Å². The van der Waals surface area contributed by atoms with Crippen LogP contribution in [0.15, 0.2) is 0 Å². The van der Waals surface area contributed by atoms with Gasteiger partial charge in [-0.25, -0.2) is 0 Å². The zero-order chi connectivity index (χ0) is 4.28. The third-order valence-corrected chi connectivity index (χ3v) is 2.22. The van der Waals surface area contributed by atoms with E-state index in [9.17, 15) is 0 Å². The van der Waals surface area contributed by atoms with Gasteiger partial charge < -0.3 is 0 Å². The van der Waals surface area contributed by atoms with Gasteiger partial charge in [-0.3, -0.25) is 0 Å². The average molecular weight is 140 g/mol. The Balaban J connectivity index is 3.90. The van der Waals surface area contributed by atoms with Crippen molar-refractivity contribution in [3.8, 4) is 0 Å². The van der Waals surface area contributed by atoms with Crippen molar-refractivity contribution >= 4 is 44.4 Å². The molecular weight excluding hydrogens is 139 g/mol. The molecule has 0 saturated heterocycles. The number of rotatable bonds is 0. The molecule has 0 aromatic heterocycles. The summed E-state index contributed by atoms with van der Waals surface area (Å²) in [5.74, 6) is 0. The van der Waals surface area contributed by atoms with Crippen molar-refractivity contribution in [3.63, 3.8) is 0 Å². The Bertz CT molecular complexity index is 128. The van der Waals surface area contributed by atoms with Gasteiger partial charge in [0.1, 0.15) is 0 Å². The predicted molar refractivity (Wildman–Crippen MR) is 35.3 cm³/mol. The molecular formula is CHPS3. The molecule has 0 aromatic rings. The summed E-state index contributed by atoms with van der Waals surface area (Å²) in [6.07, 6.45) is 0. The Kier molecular flexibility index (Phi) is 3.77. The van der Waals surface area contributed by atoms with E-state index in [1.54, 1.807) is 0 Å². The second-order valence-electron chi connectivity index (χ2n) is 0.372. The van der Waals surface area contributed by atoms with Gasteiger partial charge in [-0.05, 0) is 0 Å². The molecule has 0 unspecified atom stereocenters. The monoisotopic (exact) mass is 140 g/mol. The molecule has 0 amide bonds. The van der Waals surface area contributed by atoms with Crippen LogP contribution in [0.25, 0.3) is 0 Å². The van der Waals surface area contributed by atoms with E-state index in [1.165, 1.54) is 4.70 Å². The molecule has 0 atom stereocenters. The molecule has 0 bridgehead atoms. The van der Waals surface area contributed by atoms with Crippen LogP contribution in [-0.2, 0) is 19.6 Å². The Morgan fingerprint density at radius 2 is 2.00 bits per heavy atom. The SMILES string of the molecule is P#S(=S)C=S. The van der Waals surface area contributed by atoms with E-state index < -0.39 is 0 Å². The standard InChI is InChI=1S/CHPS3/c2-5(4)1-3/h1H. The Morgan fingerprint density at radius 3 is 2.00 bits per heavy atom. The van der Waals surface area contributed by atoms with Crippen molar-refractivity contribution in [1.82, 2.24) is 0 Å². The topological polar surface area (TPSA) is 0 Å². The van der Waals surface area contributed by atoms with Crippen LogP contribution in [0.3, 0.4) is 0 Å². The molecule has 0 aliphatic carbocycles. The molecule has 5 heavy (non-hydrogen) atoms. The summed E-state index contributed by atoms with van der Waals surface area (Å²) in [5, 5.41) is 0. The van der Waals surface area contributed by atoms with Crippen molar-refractivity contribution in [2.45, 2.75) is 0 Å². The van der Waals surface area contributed by atoms with Crippen LogP contribution in [-0.4, -0.2) is 4.70 Å². The van der Waals surface area contributed by atoms with E-state index in [0.29, 0.717) is 0 Å². The Hall–Kier alpha value is 0.960. The first-order valence-corrected chi connectivity index (χ1v) is 4.56. The van der Waals surface area contributed by atoms with Crippen LogP contribution in [0.4, 0.5) is 0 Å². The van der Waals surface area contributed by atoms with E-state index in [2.05, 4.69) is 31.2 Å². The molecule has 0 aliphatic rings. The van der Waals surface area contributed by atoms with E-state index in [0.717, 1.165) is 0 Å². The molecule has 0 N–H and O–H groups in total. The first kappa shape index (κ1) is 5.96. The first-order chi connectivity index (χ1) is 2.27. The van der Waals surface area contributed by atoms with Crippen LogP contribution < -0.4 is 0 Å². The quantitative estimate of drug-likeness (QED) is 0.368. The summed E-state index contributed by atoms with van der Waals surface area (Å²) in [6, 6.07) is 0. The fourth-order valence-corrected chi connectivity index (χ4v) is 0. The number of hydrogen-bond acceptors (Lipinski definition) is 2. The summed E-state index contributed by atoms with van der Waals surface area (Å²) in [7, 11) is 3.43. The van der Waals surface area contributed by atoms with Crippen molar-refractivity contribution in [1.29, 1.82) is 0 Å². The van der Waals surface area contributed by atoms with Gasteiger partial charge >= 0.3 is 44.4 Å². The van der Waals surface area contributed by atoms with Crippen LogP contribution in [0.1, 0.15) is 0 Å². The Labute approximate surface area is 44.6 Å². The van der Waals surface area contributed by atoms with E-state index >= 15 is 0 Å². The molecule has 0 rings (SSSR count). The van der Waals surface area contributed by atoms with Gasteiger partial charge in [0.2, 0.25) is 0 Å². The van der Waals surface area contributed by atoms with Gasteiger partial charge in [-0.2, -0.15) is 0 Å². The maximum absolute atomic E-state index is 4.51. The molecule has 0 aliphatic heterocycles. The van der Waals surface area contributed by atoms with E-state index in [1.807, 2.05) is 0 Å². The van der Waals surface area contributed by atoms with Gasteiger partial charge in [-0.1, -0.05) is 0 Å². The van der Waals surface area contributed by atoms with Crippen molar-refractivity contribution in [2.24, 2.45) is 0 Å². The van der Waals surface area contributed by atoms with Crippen molar-refractivity contribution < 1.29 is 0 Å². The molecule has 28 valence electrons. The van der Waals surface area contributed by atoms with E-state index in [4.69, 9.17) is 0 Å². The summed E-state index contributed by atoms with van der Waals surface area (Å²) in [4.78, 5) is 0. The third kappa shape index (κ3) is 4.96.